The number of furan rings is 1. The molecule has 0 spiro atoms. The third-order valence-corrected chi connectivity index (χ3v) is 4.69. The Morgan fingerprint density at radius 1 is 1.39 bits per heavy atom. The van der Waals surface area contributed by atoms with E-state index in [4.69, 9.17) is 14.1 Å². The van der Waals surface area contributed by atoms with Crippen LogP contribution in [0, 0.1) is 11.8 Å². The van der Waals surface area contributed by atoms with Crippen molar-refractivity contribution in [3.63, 3.8) is 0 Å². The van der Waals surface area contributed by atoms with Gasteiger partial charge in [0, 0.05) is 45.8 Å². The van der Waals surface area contributed by atoms with Gasteiger partial charge >= 0.3 is 0 Å². The molecule has 0 radical (unpaired) electrons. The van der Waals surface area contributed by atoms with Gasteiger partial charge in [-0.25, -0.2) is 0 Å². The van der Waals surface area contributed by atoms with Gasteiger partial charge in [-0.05, 0) is 43.7 Å². The number of nitrogens with one attached hydrogen (secondary N) is 1. The van der Waals surface area contributed by atoms with Crippen molar-refractivity contribution in [2.75, 3.05) is 39.4 Å². The average Bonchev–Trinajstić information content (AvgIpc) is 3.27. The SMILES string of the molecule is CCNC(=NCCc1ccco1)N1CCC(C2CCOC2)C1.I. The van der Waals surface area contributed by atoms with E-state index in [1.54, 1.807) is 6.26 Å². The van der Waals surface area contributed by atoms with E-state index in [-0.39, 0.29) is 24.0 Å². The lowest BCUT2D eigenvalue weighted by molar-refractivity contribution is 0.173. The number of hydrogen-bond donors (Lipinski definition) is 1. The zero-order valence-corrected chi connectivity index (χ0v) is 16.2. The number of rotatable bonds is 5. The normalized spacial score (nSPS) is 24.7. The van der Waals surface area contributed by atoms with Crippen molar-refractivity contribution in [2.45, 2.75) is 26.2 Å². The minimum atomic E-state index is 0. The van der Waals surface area contributed by atoms with Gasteiger partial charge in [-0.15, -0.1) is 24.0 Å². The Hall–Kier alpha value is -0.760. The van der Waals surface area contributed by atoms with Crippen LogP contribution in [-0.4, -0.2) is 50.3 Å². The van der Waals surface area contributed by atoms with Gasteiger partial charge in [-0.1, -0.05) is 0 Å². The number of halogens is 1. The van der Waals surface area contributed by atoms with Crippen molar-refractivity contribution in [1.29, 1.82) is 0 Å². The number of ether oxygens (including phenoxy) is 1. The summed E-state index contributed by atoms with van der Waals surface area (Å²) in [5.74, 6) is 3.56. The van der Waals surface area contributed by atoms with Crippen molar-refractivity contribution >= 4 is 29.9 Å². The highest BCUT2D eigenvalue weighted by molar-refractivity contribution is 14.0. The molecule has 1 aromatic rings. The summed E-state index contributed by atoms with van der Waals surface area (Å²) >= 11 is 0. The lowest BCUT2D eigenvalue weighted by atomic mass is 9.91. The van der Waals surface area contributed by atoms with Crippen molar-refractivity contribution in [3.8, 4) is 0 Å². The summed E-state index contributed by atoms with van der Waals surface area (Å²) in [7, 11) is 0. The molecule has 130 valence electrons. The summed E-state index contributed by atoms with van der Waals surface area (Å²) in [5, 5.41) is 3.43. The first-order valence-corrected chi connectivity index (χ1v) is 8.50. The second-order valence-electron chi connectivity index (χ2n) is 6.18. The number of hydrogen-bond acceptors (Lipinski definition) is 3. The van der Waals surface area contributed by atoms with Crippen LogP contribution in [0.2, 0.25) is 0 Å². The van der Waals surface area contributed by atoms with Crippen LogP contribution < -0.4 is 5.32 Å². The van der Waals surface area contributed by atoms with Crippen molar-refractivity contribution in [1.82, 2.24) is 10.2 Å². The van der Waals surface area contributed by atoms with E-state index in [0.29, 0.717) is 0 Å². The zero-order valence-electron chi connectivity index (χ0n) is 13.9. The molecule has 0 aromatic carbocycles. The second kappa shape index (κ2) is 9.52. The summed E-state index contributed by atoms with van der Waals surface area (Å²) < 4.78 is 10.9. The molecule has 2 unspecified atom stereocenters. The molecule has 1 N–H and O–H groups in total. The molecule has 5 nitrogen and oxygen atoms in total. The Labute approximate surface area is 155 Å². The number of guanidine groups is 1. The first kappa shape index (κ1) is 18.6. The first-order valence-electron chi connectivity index (χ1n) is 8.50. The molecule has 0 bridgehead atoms. The van der Waals surface area contributed by atoms with Crippen LogP contribution in [0.15, 0.2) is 27.8 Å². The molecule has 2 atom stereocenters. The topological polar surface area (TPSA) is 50.0 Å². The van der Waals surface area contributed by atoms with Crippen molar-refractivity contribution < 1.29 is 9.15 Å². The number of nitrogens with zero attached hydrogens (tertiary/aromatic N) is 2. The minimum Gasteiger partial charge on any atom is -0.469 e. The predicted molar refractivity (Wildman–Crippen MR) is 102 cm³/mol. The van der Waals surface area contributed by atoms with Gasteiger partial charge in [-0.3, -0.25) is 4.99 Å². The van der Waals surface area contributed by atoms with E-state index >= 15 is 0 Å². The minimum absolute atomic E-state index is 0. The third kappa shape index (κ3) is 5.11. The van der Waals surface area contributed by atoms with Crippen LogP contribution in [-0.2, 0) is 11.2 Å². The average molecular weight is 433 g/mol. The van der Waals surface area contributed by atoms with Crippen LogP contribution in [0.1, 0.15) is 25.5 Å². The highest BCUT2D eigenvalue weighted by Gasteiger charge is 2.32. The lowest BCUT2D eigenvalue weighted by Crippen LogP contribution is -2.40. The molecule has 2 fully saturated rings. The van der Waals surface area contributed by atoms with Crippen LogP contribution in [0.25, 0.3) is 0 Å². The molecule has 0 saturated carbocycles. The Bertz CT molecular complexity index is 472. The van der Waals surface area contributed by atoms with Crippen molar-refractivity contribution in [2.24, 2.45) is 16.8 Å². The molecular weight excluding hydrogens is 405 g/mol. The maximum atomic E-state index is 5.54. The predicted octanol–water partition coefficient (Wildman–Crippen LogP) is 2.76. The Balaban J connectivity index is 0.00000192. The third-order valence-electron chi connectivity index (χ3n) is 4.69. The fourth-order valence-electron chi connectivity index (χ4n) is 3.44. The first-order chi connectivity index (χ1) is 10.9. The summed E-state index contributed by atoms with van der Waals surface area (Å²) in [6, 6.07) is 3.94. The lowest BCUT2D eigenvalue weighted by Gasteiger charge is -2.23. The van der Waals surface area contributed by atoms with Crippen molar-refractivity contribution in [3.05, 3.63) is 24.2 Å². The smallest absolute Gasteiger partial charge is 0.193 e. The number of likely N-dealkylation sites (tertiary alicyclic amines) is 1. The second-order valence-corrected chi connectivity index (χ2v) is 6.18. The van der Waals surface area contributed by atoms with E-state index in [1.807, 2.05) is 12.1 Å². The van der Waals surface area contributed by atoms with E-state index in [0.717, 1.165) is 69.4 Å². The maximum absolute atomic E-state index is 5.54. The monoisotopic (exact) mass is 433 g/mol. The summed E-state index contributed by atoms with van der Waals surface area (Å²) in [4.78, 5) is 7.18. The van der Waals surface area contributed by atoms with Gasteiger partial charge in [0.1, 0.15) is 5.76 Å². The van der Waals surface area contributed by atoms with Gasteiger partial charge in [0.05, 0.1) is 6.26 Å². The van der Waals surface area contributed by atoms with Crippen LogP contribution in [0.5, 0.6) is 0 Å². The Morgan fingerprint density at radius 2 is 2.30 bits per heavy atom. The molecule has 0 amide bonds. The fraction of sp³-hybridized carbons (Fsp3) is 0.706. The van der Waals surface area contributed by atoms with Gasteiger partial charge in [0.15, 0.2) is 5.96 Å². The van der Waals surface area contributed by atoms with E-state index in [9.17, 15) is 0 Å². The molecular formula is C17H28IN3O2. The van der Waals surface area contributed by atoms with E-state index in [1.165, 1.54) is 12.8 Å². The maximum Gasteiger partial charge on any atom is 0.193 e. The zero-order chi connectivity index (χ0) is 15.2. The molecule has 6 heteroatoms. The highest BCUT2D eigenvalue weighted by Crippen LogP contribution is 2.29. The van der Waals surface area contributed by atoms with E-state index in [2.05, 4.69) is 17.1 Å². The molecule has 1 aromatic heterocycles. The highest BCUT2D eigenvalue weighted by atomic mass is 127. The van der Waals surface area contributed by atoms with Gasteiger partial charge in [-0.2, -0.15) is 0 Å². The molecule has 2 aliphatic rings. The standard InChI is InChI=1S/C17H27N3O2.HI/c1-2-18-17(19-8-5-16-4-3-10-22-16)20-9-6-14(12-20)15-7-11-21-13-15;/h3-4,10,14-15H,2,5-9,11-13H2,1H3,(H,18,19);1H. The summed E-state index contributed by atoms with van der Waals surface area (Å²) in [5.41, 5.74) is 0. The van der Waals surface area contributed by atoms with Crippen LogP contribution in [0.4, 0.5) is 0 Å². The quantitative estimate of drug-likeness (QED) is 0.441. The Morgan fingerprint density at radius 3 is 3.00 bits per heavy atom. The molecule has 0 aliphatic carbocycles. The van der Waals surface area contributed by atoms with Crippen LogP contribution >= 0.6 is 24.0 Å². The number of aliphatic imine (C=N–C) groups is 1. The molecule has 2 saturated heterocycles. The molecule has 23 heavy (non-hydrogen) atoms. The van der Waals surface area contributed by atoms with E-state index < -0.39 is 0 Å². The summed E-state index contributed by atoms with van der Waals surface area (Å²) in [6.45, 7) is 7.91. The van der Waals surface area contributed by atoms with Gasteiger partial charge in [0.2, 0.25) is 0 Å². The molecule has 3 rings (SSSR count). The molecule has 3 heterocycles. The summed E-state index contributed by atoms with van der Waals surface area (Å²) in [6.07, 6.45) is 5.07. The molecule has 2 aliphatic heterocycles. The largest absolute Gasteiger partial charge is 0.469 e. The fourth-order valence-corrected chi connectivity index (χ4v) is 3.44. The van der Waals surface area contributed by atoms with Gasteiger partial charge < -0.3 is 19.4 Å². The van der Waals surface area contributed by atoms with Gasteiger partial charge in [0.25, 0.3) is 0 Å². The Kier molecular flexibility index (Phi) is 7.69. The van der Waals surface area contributed by atoms with Crippen LogP contribution in [0.3, 0.4) is 0 Å².